The molecule has 1 aliphatic heterocycles. The van der Waals surface area contributed by atoms with Gasteiger partial charge in [0.1, 0.15) is 6.04 Å². The molecule has 0 aliphatic carbocycles. The Labute approximate surface area is 124 Å². The normalized spacial score (nSPS) is 19.5. The zero-order chi connectivity index (χ0) is 15.6. The maximum absolute atomic E-state index is 12.3. The Kier molecular flexibility index (Phi) is 4.62. The molecule has 1 atom stereocenters. The van der Waals surface area contributed by atoms with Crippen molar-refractivity contribution in [3.8, 4) is 0 Å². The van der Waals surface area contributed by atoms with Crippen molar-refractivity contribution in [2.75, 3.05) is 26.8 Å². The van der Waals surface area contributed by atoms with Crippen LogP contribution in [0.2, 0.25) is 0 Å². The number of carbonyl (C=O) groups is 2. The predicted molar refractivity (Wildman–Crippen MR) is 76.4 cm³/mol. The highest BCUT2D eigenvalue weighted by atomic mass is 16.5. The van der Waals surface area contributed by atoms with Crippen molar-refractivity contribution in [3.63, 3.8) is 0 Å². The van der Waals surface area contributed by atoms with Gasteiger partial charge in [-0.3, -0.25) is 14.3 Å². The lowest BCUT2D eigenvalue weighted by molar-refractivity contribution is -0.156. The molecule has 0 saturated carbocycles. The second-order valence-corrected chi connectivity index (χ2v) is 5.33. The van der Waals surface area contributed by atoms with Crippen LogP contribution in [0.15, 0.2) is 6.20 Å². The van der Waals surface area contributed by atoms with Crippen molar-refractivity contribution < 1.29 is 14.3 Å². The number of ether oxygens (including phenoxy) is 1. The van der Waals surface area contributed by atoms with Gasteiger partial charge in [0.15, 0.2) is 0 Å². The van der Waals surface area contributed by atoms with Gasteiger partial charge in [0.05, 0.1) is 19.3 Å². The Hall–Kier alpha value is -1.89. The molecule has 7 heteroatoms. The van der Waals surface area contributed by atoms with Gasteiger partial charge in [-0.2, -0.15) is 5.10 Å². The third-order valence-corrected chi connectivity index (χ3v) is 4.03. The van der Waals surface area contributed by atoms with Crippen LogP contribution < -0.4 is 0 Å². The SMILES string of the molecule is COCCN1CC(=O)N(Cc2cnn(C)c2C)[C@@H](C)C1=O. The molecule has 7 nitrogen and oxygen atoms in total. The van der Waals surface area contributed by atoms with Crippen molar-refractivity contribution in [1.82, 2.24) is 19.6 Å². The predicted octanol–water partition coefficient (Wildman–Crippen LogP) is -0.0658. The summed E-state index contributed by atoms with van der Waals surface area (Å²) in [7, 11) is 3.44. The summed E-state index contributed by atoms with van der Waals surface area (Å²) in [5.41, 5.74) is 1.97. The van der Waals surface area contributed by atoms with Crippen LogP contribution in [0.3, 0.4) is 0 Å². The summed E-state index contributed by atoms with van der Waals surface area (Å²) in [4.78, 5) is 27.8. The summed E-state index contributed by atoms with van der Waals surface area (Å²) in [5, 5.41) is 4.17. The fraction of sp³-hybridized carbons (Fsp3) is 0.643. The van der Waals surface area contributed by atoms with Gasteiger partial charge >= 0.3 is 0 Å². The monoisotopic (exact) mass is 294 g/mol. The number of aromatic nitrogens is 2. The molecule has 1 saturated heterocycles. The fourth-order valence-corrected chi connectivity index (χ4v) is 2.44. The largest absolute Gasteiger partial charge is 0.383 e. The number of hydrogen-bond acceptors (Lipinski definition) is 4. The van der Waals surface area contributed by atoms with E-state index in [4.69, 9.17) is 4.74 Å². The van der Waals surface area contributed by atoms with E-state index in [2.05, 4.69) is 5.10 Å². The number of hydrogen-bond donors (Lipinski definition) is 0. The van der Waals surface area contributed by atoms with Gasteiger partial charge < -0.3 is 14.5 Å². The summed E-state index contributed by atoms with van der Waals surface area (Å²) in [5.74, 6) is -0.0744. The number of aryl methyl sites for hydroxylation is 1. The van der Waals surface area contributed by atoms with Crippen molar-refractivity contribution in [2.24, 2.45) is 7.05 Å². The summed E-state index contributed by atoms with van der Waals surface area (Å²) in [6.07, 6.45) is 1.75. The average molecular weight is 294 g/mol. The van der Waals surface area contributed by atoms with Gasteiger partial charge in [-0.05, 0) is 13.8 Å². The minimum Gasteiger partial charge on any atom is -0.383 e. The van der Waals surface area contributed by atoms with Crippen LogP contribution in [-0.4, -0.2) is 64.2 Å². The van der Waals surface area contributed by atoms with Crippen LogP contribution in [0.4, 0.5) is 0 Å². The van der Waals surface area contributed by atoms with Crippen molar-refractivity contribution >= 4 is 11.8 Å². The first-order valence-electron chi connectivity index (χ1n) is 7.00. The average Bonchev–Trinajstić information content (AvgIpc) is 2.77. The van der Waals surface area contributed by atoms with E-state index in [0.717, 1.165) is 11.3 Å². The van der Waals surface area contributed by atoms with Crippen molar-refractivity contribution in [3.05, 3.63) is 17.5 Å². The lowest BCUT2D eigenvalue weighted by Gasteiger charge is -2.38. The standard InChI is InChI=1S/C14H22N4O3/c1-10-12(7-15-16(10)3)8-18-11(2)14(20)17(5-6-21-4)9-13(18)19/h7,11H,5-6,8-9H2,1-4H3/t11-/m0/s1. The lowest BCUT2D eigenvalue weighted by Crippen LogP contribution is -2.58. The Morgan fingerprint density at radius 1 is 1.43 bits per heavy atom. The molecule has 21 heavy (non-hydrogen) atoms. The van der Waals surface area contributed by atoms with Crippen LogP contribution >= 0.6 is 0 Å². The molecule has 0 bridgehead atoms. The van der Waals surface area contributed by atoms with Crippen LogP contribution in [0.25, 0.3) is 0 Å². The zero-order valence-electron chi connectivity index (χ0n) is 13.0. The quantitative estimate of drug-likeness (QED) is 0.762. The molecule has 2 amide bonds. The number of methoxy groups -OCH3 is 1. The maximum Gasteiger partial charge on any atom is 0.245 e. The summed E-state index contributed by atoms with van der Waals surface area (Å²) in [6.45, 7) is 5.15. The van der Waals surface area contributed by atoms with E-state index in [1.807, 2.05) is 14.0 Å². The molecular formula is C14H22N4O3. The second kappa shape index (κ2) is 6.26. The molecule has 1 aromatic rings. The third-order valence-electron chi connectivity index (χ3n) is 4.03. The van der Waals surface area contributed by atoms with Crippen LogP contribution in [0, 0.1) is 6.92 Å². The smallest absolute Gasteiger partial charge is 0.245 e. The van der Waals surface area contributed by atoms with Crippen molar-refractivity contribution in [1.29, 1.82) is 0 Å². The zero-order valence-corrected chi connectivity index (χ0v) is 13.0. The van der Waals surface area contributed by atoms with E-state index in [-0.39, 0.29) is 18.4 Å². The van der Waals surface area contributed by atoms with E-state index >= 15 is 0 Å². The number of amides is 2. The number of carbonyl (C=O) groups excluding carboxylic acids is 2. The Bertz CT molecular complexity index is 540. The highest BCUT2D eigenvalue weighted by Crippen LogP contribution is 2.17. The molecule has 2 rings (SSSR count). The van der Waals surface area contributed by atoms with Gasteiger partial charge in [0, 0.05) is 38.5 Å². The minimum absolute atomic E-state index is 0.0341. The van der Waals surface area contributed by atoms with Gasteiger partial charge in [0.25, 0.3) is 0 Å². The van der Waals surface area contributed by atoms with E-state index in [9.17, 15) is 9.59 Å². The van der Waals surface area contributed by atoms with E-state index in [0.29, 0.717) is 19.7 Å². The topological polar surface area (TPSA) is 67.7 Å². The molecule has 2 heterocycles. The highest BCUT2D eigenvalue weighted by Gasteiger charge is 2.36. The summed E-state index contributed by atoms with van der Waals surface area (Å²) < 4.78 is 6.74. The molecule has 0 unspecified atom stereocenters. The molecule has 1 aromatic heterocycles. The van der Waals surface area contributed by atoms with Gasteiger partial charge in [-0.1, -0.05) is 0 Å². The van der Waals surface area contributed by atoms with E-state index in [1.54, 1.807) is 34.7 Å². The first-order valence-corrected chi connectivity index (χ1v) is 7.00. The first kappa shape index (κ1) is 15.5. The summed E-state index contributed by atoms with van der Waals surface area (Å²) >= 11 is 0. The fourth-order valence-electron chi connectivity index (χ4n) is 2.44. The highest BCUT2D eigenvalue weighted by molar-refractivity contribution is 5.94. The van der Waals surface area contributed by atoms with Crippen LogP contribution in [0.5, 0.6) is 0 Å². The Balaban J connectivity index is 2.10. The number of piperazine rings is 1. The molecule has 0 radical (unpaired) electrons. The molecule has 0 aromatic carbocycles. The van der Waals surface area contributed by atoms with Gasteiger partial charge in [-0.25, -0.2) is 0 Å². The van der Waals surface area contributed by atoms with Crippen LogP contribution in [0.1, 0.15) is 18.2 Å². The first-order chi connectivity index (χ1) is 9.95. The van der Waals surface area contributed by atoms with Gasteiger partial charge in [-0.15, -0.1) is 0 Å². The molecule has 1 aliphatic rings. The Morgan fingerprint density at radius 2 is 2.14 bits per heavy atom. The van der Waals surface area contributed by atoms with Crippen molar-refractivity contribution in [2.45, 2.75) is 26.4 Å². The van der Waals surface area contributed by atoms with Gasteiger partial charge in [0.2, 0.25) is 11.8 Å². The summed E-state index contributed by atoms with van der Waals surface area (Å²) in [6, 6.07) is -0.456. The van der Waals surface area contributed by atoms with E-state index < -0.39 is 6.04 Å². The number of rotatable bonds is 5. The molecule has 0 N–H and O–H groups in total. The molecule has 0 spiro atoms. The second-order valence-electron chi connectivity index (χ2n) is 5.33. The van der Waals surface area contributed by atoms with E-state index in [1.165, 1.54) is 0 Å². The third kappa shape index (κ3) is 3.07. The lowest BCUT2D eigenvalue weighted by atomic mass is 10.1. The number of nitrogens with zero attached hydrogens (tertiary/aromatic N) is 4. The molecular weight excluding hydrogens is 272 g/mol. The van der Waals surface area contributed by atoms with Crippen LogP contribution in [-0.2, 0) is 27.9 Å². The maximum atomic E-state index is 12.3. The minimum atomic E-state index is -0.456. The Morgan fingerprint density at radius 3 is 2.71 bits per heavy atom. The molecule has 116 valence electrons. The molecule has 1 fully saturated rings.